The minimum Gasteiger partial charge on any atom is -0.409 e. The lowest BCUT2D eigenvalue weighted by atomic mass is 9.93. The number of hydrogen-bond acceptors (Lipinski definition) is 4. The van der Waals surface area contributed by atoms with Crippen LogP contribution in [0.5, 0.6) is 0 Å². The van der Waals surface area contributed by atoms with Crippen LogP contribution in [0.1, 0.15) is 37.2 Å². The summed E-state index contributed by atoms with van der Waals surface area (Å²) >= 11 is 1.96. The van der Waals surface area contributed by atoms with E-state index < -0.39 is 0 Å². The Hall–Kier alpha value is -1.20. The number of nitrogens with two attached hydrogens (primary N) is 1. The number of nitrogens with one attached hydrogen (secondary N) is 1. The summed E-state index contributed by atoms with van der Waals surface area (Å²) in [7, 11) is 0. The number of thioether (sulfide) groups is 1. The van der Waals surface area contributed by atoms with Gasteiger partial charge in [-0.15, -0.1) is 0 Å². The highest BCUT2D eigenvalue weighted by molar-refractivity contribution is 7.99. The first-order chi connectivity index (χ1) is 10.2. The van der Waals surface area contributed by atoms with Crippen molar-refractivity contribution in [1.82, 2.24) is 5.32 Å². The van der Waals surface area contributed by atoms with Crippen LogP contribution in [0.3, 0.4) is 0 Å². The smallest absolute Gasteiger partial charge is 0.147 e. The zero-order valence-electron chi connectivity index (χ0n) is 12.5. The Kier molecular flexibility index (Phi) is 6.39. The van der Waals surface area contributed by atoms with Crippen LogP contribution in [0.4, 0.5) is 0 Å². The van der Waals surface area contributed by atoms with E-state index in [-0.39, 0.29) is 11.8 Å². The van der Waals surface area contributed by atoms with Gasteiger partial charge >= 0.3 is 0 Å². The van der Waals surface area contributed by atoms with E-state index in [9.17, 15) is 0 Å². The first-order valence-corrected chi connectivity index (χ1v) is 8.82. The second kappa shape index (κ2) is 8.29. The SMILES string of the molecule is CSC1CCCC(NCC(/C(N)=N/O)c2ccccc2)C1. The molecule has 0 heterocycles. The minimum absolute atomic E-state index is 0.0779. The van der Waals surface area contributed by atoms with Crippen LogP contribution in [-0.2, 0) is 0 Å². The van der Waals surface area contributed by atoms with E-state index >= 15 is 0 Å². The van der Waals surface area contributed by atoms with Crippen molar-refractivity contribution in [2.24, 2.45) is 10.9 Å². The Balaban J connectivity index is 1.97. The third-order valence-corrected chi connectivity index (χ3v) is 5.34. The van der Waals surface area contributed by atoms with Crippen molar-refractivity contribution in [2.75, 3.05) is 12.8 Å². The average Bonchev–Trinajstić information content (AvgIpc) is 2.56. The molecule has 5 heteroatoms. The van der Waals surface area contributed by atoms with Crippen LogP contribution in [0.2, 0.25) is 0 Å². The molecular formula is C16H25N3OS. The summed E-state index contributed by atoms with van der Waals surface area (Å²) in [6.07, 6.45) is 7.22. The van der Waals surface area contributed by atoms with E-state index in [2.05, 4.69) is 16.7 Å². The molecular weight excluding hydrogens is 282 g/mol. The van der Waals surface area contributed by atoms with Gasteiger partial charge in [-0.05, 0) is 31.1 Å². The van der Waals surface area contributed by atoms with Gasteiger partial charge in [-0.1, -0.05) is 41.9 Å². The maximum Gasteiger partial charge on any atom is 0.147 e. The molecule has 4 nitrogen and oxygen atoms in total. The van der Waals surface area contributed by atoms with E-state index in [1.54, 1.807) is 0 Å². The van der Waals surface area contributed by atoms with Crippen molar-refractivity contribution in [3.05, 3.63) is 35.9 Å². The number of rotatable bonds is 6. The van der Waals surface area contributed by atoms with E-state index in [1.807, 2.05) is 42.1 Å². The Labute approximate surface area is 131 Å². The van der Waals surface area contributed by atoms with Crippen LogP contribution < -0.4 is 11.1 Å². The fraction of sp³-hybridized carbons (Fsp3) is 0.562. The molecule has 0 radical (unpaired) electrons. The first-order valence-electron chi connectivity index (χ1n) is 7.53. The molecule has 0 bridgehead atoms. The summed E-state index contributed by atoms with van der Waals surface area (Å²) < 4.78 is 0. The lowest BCUT2D eigenvalue weighted by Gasteiger charge is -2.30. The highest BCUT2D eigenvalue weighted by Gasteiger charge is 2.23. The molecule has 1 fully saturated rings. The lowest BCUT2D eigenvalue weighted by molar-refractivity contribution is 0.314. The average molecular weight is 307 g/mol. The lowest BCUT2D eigenvalue weighted by Crippen LogP contribution is -2.40. The minimum atomic E-state index is -0.0779. The molecule has 1 aliphatic carbocycles. The molecule has 116 valence electrons. The van der Waals surface area contributed by atoms with E-state index in [0.29, 0.717) is 12.6 Å². The zero-order chi connectivity index (χ0) is 15.1. The maximum atomic E-state index is 9.02. The topological polar surface area (TPSA) is 70.6 Å². The molecule has 3 atom stereocenters. The Morgan fingerprint density at radius 3 is 2.86 bits per heavy atom. The van der Waals surface area contributed by atoms with Crippen LogP contribution in [0, 0.1) is 0 Å². The molecule has 4 N–H and O–H groups in total. The molecule has 0 spiro atoms. The number of benzene rings is 1. The van der Waals surface area contributed by atoms with Gasteiger partial charge in [0.25, 0.3) is 0 Å². The molecule has 21 heavy (non-hydrogen) atoms. The fourth-order valence-corrected chi connectivity index (χ4v) is 3.80. The Bertz CT molecular complexity index is 452. The first kappa shape index (κ1) is 16.2. The molecule has 1 aliphatic rings. The van der Waals surface area contributed by atoms with Crippen LogP contribution in [0.25, 0.3) is 0 Å². The van der Waals surface area contributed by atoms with Gasteiger partial charge < -0.3 is 16.3 Å². The molecule has 1 aromatic rings. The molecule has 1 aromatic carbocycles. The summed E-state index contributed by atoms with van der Waals surface area (Å²) in [5, 5.41) is 16.6. The molecule has 3 unspecified atom stereocenters. The zero-order valence-corrected chi connectivity index (χ0v) is 13.4. The maximum absolute atomic E-state index is 9.02. The summed E-state index contributed by atoms with van der Waals surface area (Å²) in [5.74, 6) is 0.191. The number of nitrogens with zero attached hydrogens (tertiary/aromatic N) is 1. The standard InChI is InChI=1S/C16H25N3OS/c1-21-14-9-5-8-13(10-14)18-11-15(16(17)19-20)12-6-3-2-4-7-12/h2-4,6-7,13-15,18,20H,5,8-11H2,1H3,(H2,17,19). The van der Waals surface area contributed by atoms with Crippen molar-refractivity contribution in [1.29, 1.82) is 0 Å². The van der Waals surface area contributed by atoms with Gasteiger partial charge in [0, 0.05) is 17.8 Å². The summed E-state index contributed by atoms with van der Waals surface area (Å²) in [6, 6.07) is 10.5. The predicted molar refractivity (Wildman–Crippen MR) is 90.2 cm³/mol. The monoisotopic (exact) mass is 307 g/mol. The van der Waals surface area contributed by atoms with Crippen molar-refractivity contribution in [2.45, 2.75) is 42.9 Å². The van der Waals surface area contributed by atoms with Crippen molar-refractivity contribution < 1.29 is 5.21 Å². The van der Waals surface area contributed by atoms with Gasteiger partial charge in [0.05, 0.1) is 5.92 Å². The van der Waals surface area contributed by atoms with Gasteiger partial charge in [0.1, 0.15) is 5.84 Å². The highest BCUT2D eigenvalue weighted by atomic mass is 32.2. The van der Waals surface area contributed by atoms with Crippen LogP contribution in [-0.4, -0.2) is 35.1 Å². The normalized spacial score (nSPS) is 24.7. The van der Waals surface area contributed by atoms with Crippen molar-refractivity contribution >= 4 is 17.6 Å². The van der Waals surface area contributed by atoms with Crippen LogP contribution in [0.15, 0.2) is 35.5 Å². The van der Waals surface area contributed by atoms with E-state index in [4.69, 9.17) is 10.9 Å². The number of hydrogen-bond donors (Lipinski definition) is 3. The van der Waals surface area contributed by atoms with Gasteiger partial charge in [-0.2, -0.15) is 11.8 Å². The largest absolute Gasteiger partial charge is 0.409 e. The van der Waals surface area contributed by atoms with Gasteiger partial charge in [0.15, 0.2) is 0 Å². The van der Waals surface area contributed by atoms with Crippen molar-refractivity contribution in [3.63, 3.8) is 0 Å². The predicted octanol–water partition coefficient (Wildman–Crippen LogP) is 2.78. The third kappa shape index (κ3) is 4.64. The van der Waals surface area contributed by atoms with E-state index in [1.165, 1.54) is 25.7 Å². The highest BCUT2D eigenvalue weighted by Crippen LogP contribution is 2.27. The van der Waals surface area contributed by atoms with Crippen LogP contribution >= 0.6 is 11.8 Å². The molecule has 1 saturated carbocycles. The molecule has 0 aromatic heterocycles. The molecule has 0 aliphatic heterocycles. The molecule has 0 saturated heterocycles. The van der Waals surface area contributed by atoms with Gasteiger partial charge in [0.2, 0.25) is 0 Å². The quantitative estimate of drug-likeness (QED) is 0.327. The second-order valence-electron chi connectivity index (χ2n) is 5.62. The summed E-state index contributed by atoms with van der Waals surface area (Å²) in [5.41, 5.74) is 6.96. The summed E-state index contributed by atoms with van der Waals surface area (Å²) in [6.45, 7) is 0.714. The third-order valence-electron chi connectivity index (χ3n) is 4.24. The Morgan fingerprint density at radius 2 is 2.19 bits per heavy atom. The fourth-order valence-electron chi connectivity index (χ4n) is 2.98. The number of oxime groups is 1. The second-order valence-corrected chi connectivity index (χ2v) is 6.76. The van der Waals surface area contributed by atoms with E-state index in [0.717, 1.165) is 10.8 Å². The Morgan fingerprint density at radius 1 is 1.43 bits per heavy atom. The molecule has 0 amide bonds. The summed E-state index contributed by atoms with van der Waals surface area (Å²) in [4.78, 5) is 0. The molecule has 2 rings (SSSR count). The number of amidine groups is 1. The van der Waals surface area contributed by atoms with Gasteiger partial charge in [-0.3, -0.25) is 0 Å². The van der Waals surface area contributed by atoms with Crippen molar-refractivity contribution in [3.8, 4) is 0 Å². The van der Waals surface area contributed by atoms with Gasteiger partial charge in [-0.25, -0.2) is 0 Å².